The summed E-state index contributed by atoms with van der Waals surface area (Å²) in [4.78, 5) is 50.7. The highest BCUT2D eigenvalue weighted by Gasteiger charge is 2.56. The molecule has 0 radical (unpaired) electrons. The van der Waals surface area contributed by atoms with Crippen LogP contribution in [-0.4, -0.2) is 68.3 Å². The SMILES string of the molecule is COC(CN1C[C@]2(Cc3cc([N+](=O)[O-])ccc31)C(=O)NC(=O)N(C)C2=O)OC. The van der Waals surface area contributed by atoms with E-state index in [-0.39, 0.29) is 25.2 Å². The van der Waals surface area contributed by atoms with E-state index in [1.165, 1.54) is 33.4 Å². The van der Waals surface area contributed by atoms with Crippen LogP contribution in [0.3, 0.4) is 0 Å². The van der Waals surface area contributed by atoms with E-state index < -0.39 is 34.5 Å². The van der Waals surface area contributed by atoms with E-state index in [1.54, 1.807) is 11.0 Å². The van der Waals surface area contributed by atoms with Gasteiger partial charge in [0.1, 0.15) is 5.41 Å². The number of nitrogens with one attached hydrogen (secondary N) is 1. The molecule has 2 heterocycles. The molecule has 0 bridgehead atoms. The van der Waals surface area contributed by atoms with Gasteiger partial charge in [0.15, 0.2) is 6.29 Å². The van der Waals surface area contributed by atoms with Gasteiger partial charge in [-0.05, 0) is 18.1 Å². The third-order valence-corrected chi connectivity index (χ3v) is 5.14. The van der Waals surface area contributed by atoms with Crippen molar-refractivity contribution in [3.8, 4) is 0 Å². The van der Waals surface area contributed by atoms with Crippen molar-refractivity contribution in [2.45, 2.75) is 12.7 Å². The number of rotatable bonds is 5. The predicted molar refractivity (Wildman–Crippen MR) is 95.6 cm³/mol. The molecule has 1 aromatic carbocycles. The Bertz CT molecular complexity index is 854. The quantitative estimate of drug-likeness (QED) is 0.327. The lowest BCUT2D eigenvalue weighted by Crippen LogP contribution is -2.68. The molecule has 1 atom stereocenters. The molecule has 0 saturated carbocycles. The van der Waals surface area contributed by atoms with Gasteiger partial charge in [-0.1, -0.05) is 0 Å². The lowest BCUT2D eigenvalue weighted by molar-refractivity contribution is -0.384. The normalized spacial score (nSPS) is 21.9. The van der Waals surface area contributed by atoms with Crippen LogP contribution in [0.2, 0.25) is 0 Å². The number of benzene rings is 1. The number of methoxy groups -OCH3 is 2. The molecular weight excluding hydrogens is 372 g/mol. The van der Waals surface area contributed by atoms with E-state index in [0.29, 0.717) is 11.3 Å². The molecule has 150 valence electrons. The first-order valence-corrected chi connectivity index (χ1v) is 8.45. The Morgan fingerprint density at radius 3 is 2.57 bits per heavy atom. The van der Waals surface area contributed by atoms with Crippen molar-refractivity contribution >= 4 is 29.2 Å². The number of amides is 4. The molecule has 0 aliphatic carbocycles. The van der Waals surface area contributed by atoms with E-state index in [0.717, 1.165) is 4.90 Å². The molecule has 1 aromatic rings. The molecule has 1 spiro atoms. The number of ether oxygens (including phenoxy) is 2. The summed E-state index contributed by atoms with van der Waals surface area (Å²) in [5.41, 5.74) is -0.649. The number of nitrogens with zero attached hydrogens (tertiary/aromatic N) is 3. The maximum atomic E-state index is 12.9. The highest BCUT2D eigenvalue weighted by Crippen LogP contribution is 2.41. The first kappa shape index (κ1) is 19.7. The summed E-state index contributed by atoms with van der Waals surface area (Å²) in [7, 11) is 4.19. The monoisotopic (exact) mass is 392 g/mol. The Morgan fingerprint density at radius 1 is 1.29 bits per heavy atom. The van der Waals surface area contributed by atoms with Gasteiger partial charge >= 0.3 is 6.03 Å². The Labute approximate surface area is 160 Å². The summed E-state index contributed by atoms with van der Waals surface area (Å²) in [6.07, 6.45) is -0.715. The summed E-state index contributed by atoms with van der Waals surface area (Å²) < 4.78 is 10.4. The fourth-order valence-corrected chi connectivity index (χ4v) is 3.62. The molecular formula is C17H20N4O7. The van der Waals surface area contributed by atoms with Crippen LogP contribution in [0.25, 0.3) is 0 Å². The number of urea groups is 1. The zero-order valence-electron chi connectivity index (χ0n) is 15.6. The van der Waals surface area contributed by atoms with Crippen molar-refractivity contribution in [2.24, 2.45) is 5.41 Å². The van der Waals surface area contributed by atoms with Gasteiger partial charge in [0.25, 0.3) is 5.69 Å². The van der Waals surface area contributed by atoms with Gasteiger partial charge in [-0.2, -0.15) is 0 Å². The maximum absolute atomic E-state index is 12.9. The minimum absolute atomic E-state index is 0.0245. The van der Waals surface area contributed by atoms with Crippen molar-refractivity contribution in [3.05, 3.63) is 33.9 Å². The van der Waals surface area contributed by atoms with Gasteiger partial charge in [0.2, 0.25) is 11.8 Å². The smallest absolute Gasteiger partial charge is 0.330 e. The van der Waals surface area contributed by atoms with Crippen LogP contribution < -0.4 is 10.2 Å². The third kappa shape index (κ3) is 3.08. The predicted octanol–water partition coefficient (Wildman–Crippen LogP) is 0.271. The molecule has 2 aliphatic heterocycles. The Balaban J connectivity index is 2.10. The van der Waals surface area contributed by atoms with Gasteiger partial charge in [0.05, 0.1) is 11.5 Å². The maximum Gasteiger partial charge on any atom is 0.330 e. The van der Waals surface area contributed by atoms with Gasteiger partial charge in [-0.25, -0.2) is 4.79 Å². The molecule has 3 rings (SSSR count). The highest BCUT2D eigenvalue weighted by molar-refractivity contribution is 6.19. The minimum Gasteiger partial charge on any atom is -0.365 e. The van der Waals surface area contributed by atoms with E-state index in [4.69, 9.17) is 9.47 Å². The van der Waals surface area contributed by atoms with Crippen LogP contribution in [0, 0.1) is 15.5 Å². The summed E-state index contributed by atoms with van der Waals surface area (Å²) in [6, 6.07) is 3.47. The number of anilines is 1. The number of imide groups is 2. The van der Waals surface area contributed by atoms with Crippen LogP contribution in [0.15, 0.2) is 18.2 Å². The fraction of sp³-hybridized carbons (Fsp3) is 0.471. The summed E-state index contributed by atoms with van der Waals surface area (Å²) in [6.45, 7) is 0.154. The Morgan fingerprint density at radius 2 is 1.96 bits per heavy atom. The zero-order chi connectivity index (χ0) is 20.6. The molecule has 2 aliphatic rings. The number of carbonyl (C=O) groups is 3. The summed E-state index contributed by atoms with van der Waals surface area (Å²) in [5, 5.41) is 13.4. The number of carbonyl (C=O) groups excluding carboxylic acids is 3. The van der Waals surface area contributed by atoms with Crippen LogP contribution in [0.1, 0.15) is 5.56 Å². The number of hydrogen-bond donors (Lipinski definition) is 1. The second-order valence-corrected chi connectivity index (χ2v) is 6.73. The molecule has 11 heteroatoms. The van der Waals surface area contributed by atoms with Gasteiger partial charge < -0.3 is 14.4 Å². The molecule has 4 amide bonds. The van der Waals surface area contributed by atoms with Crippen molar-refractivity contribution in [1.82, 2.24) is 10.2 Å². The van der Waals surface area contributed by atoms with Crippen molar-refractivity contribution in [2.75, 3.05) is 39.3 Å². The third-order valence-electron chi connectivity index (χ3n) is 5.14. The topological polar surface area (TPSA) is 131 Å². The van der Waals surface area contributed by atoms with Gasteiger partial charge in [0, 0.05) is 45.6 Å². The lowest BCUT2D eigenvalue weighted by atomic mass is 9.74. The molecule has 1 fully saturated rings. The number of nitro groups is 1. The molecule has 1 N–H and O–H groups in total. The van der Waals surface area contributed by atoms with E-state index >= 15 is 0 Å². The van der Waals surface area contributed by atoms with Crippen molar-refractivity contribution in [3.63, 3.8) is 0 Å². The van der Waals surface area contributed by atoms with Crippen molar-refractivity contribution in [1.29, 1.82) is 0 Å². The first-order valence-electron chi connectivity index (χ1n) is 8.45. The summed E-state index contributed by atoms with van der Waals surface area (Å²) in [5.74, 6) is -1.39. The number of nitro benzene ring substituents is 1. The van der Waals surface area contributed by atoms with Crippen LogP contribution in [0.4, 0.5) is 16.2 Å². The standard InChI is InChI=1S/C17H20N4O7/c1-19-15(23)17(14(22)18-16(19)24)7-10-6-11(21(25)26)4-5-12(10)20(9-17)8-13(27-2)28-3/h4-6,13H,7-9H2,1-3H3,(H,18,22,24)/t17-/m1/s1. The number of non-ortho nitro benzene ring substituents is 1. The molecule has 0 unspecified atom stereocenters. The summed E-state index contributed by atoms with van der Waals surface area (Å²) >= 11 is 0. The van der Waals surface area contributed by atoms with E-state index in [2.05, 4.69) is 5.32 Å². The lowest BCUT2D eigenvalue weighted by Gasteiger charge is -2.45. The second-order valence-electron chi connectivity index (χ2n) is 6.73. The number of hydrogen-bond acceptors (Lipinski definition) is 8. The fourth-order valence-electron chi connectivity index (χ4n) is 3.62. The molecule has 11 nitrogen and oxygen atoms in total. The van der Waals surface area contributed by atoms with Crippen LogP contribution >= 0.6 is 0 Å². The Hall–Kier alpha value is -3.05. The van der Waals surface area contributed by atoms with E-state index in [1.807, 2.05) is 0 Å². The second kappa shape index (κ2) is 7.17. The zero-order valence-corrected chi connectivity index (χ0v) is 15.6. The first-order chi connectivity index (χ1) is 13.2. The van der Waals surface area contributed by atoms with Crippen LogP contribution in [-0.2, 0) is 25.5 Å². The Kier molecular flexibility index (Phi) is 5.04. The van der Waals surface area contributed by atoms with Crippen molar-refractivity contribution < 1.29 is 28.8 Å². The van der Waals surface area contributed by atoms with Crippen LogP contribution in [0.5, 0.6) is 0 Å². The van der Waals surface area contributed by atoms with E-state index in [9.17, 15) is 24.5 Å². The molecule has 28 heavy (non-hydrogen) atoms. The average molecular weight is 392 g/mol. The highest BCUT2D eigenvalue weighted by atomic mass is 16.7. The van der Waals surface area contributed by atoms with Gasteiger partial charge in [-0.3, -0.25) is 29.9 Å². The number of fused-ring (bicyclic) bond motifs is 1. The largest absolute Gasteiger partial charge is 0.365 e. The minimum atomic E-state index is -1.59. The number of barbiturate groups is 1. The average Bonchev–Trinajstić information content (AvgIpc) is 2.68. The molecule has 1 saturated heterocycles. The molecule has 0 aromatic heterocycles. The van der Waals surface area contributed by atoms with Gasteiger partial charge in [-0.15, -0.1) is 0 Å².